The minimum atomic E-state index is -3.54. The summed E-state index contributed by atoms with van der Waals surface area (Å²) in [5.74, 6) is 0.668. The third-order valence-corrected chi connectivity index (χ3v) is 10.2. The highest BCUT2D eigenvalue weighted by Crippen LogP contribution is 2.41. The number of hydrogen-bond acceptors (Lipinski definition) is 6. The number of ether oxygens (including phenoxy) is 1. The summed E-state index contributed by atoms with van der Waals surface area (Å²) in [6.07, 6.45) is 3.99. The molecule has 6 nitrogen and oxygen atoms in total. The summed E-state index contributed by atoms with van der Waals surface area (Å²) in [6, 6.07) is 9.90. The first-order valence-corrected chi connectivity index (χ1v) is 14.1. The van der Waals surface area contributed by atoms with Crippen molar-refractivity contribution in [2.24, 2.45) is 11.8 Å². The Morgan fingerprint density at radius 2 is 1.81 bits per heavy atom. The predicted molar refractivity (Wildman–Crippen MR) is 129 cm³/mol. The van der Waals surface area contributed by atoms with Crippen LogP contribution < -0.4 is 10.0 Å². The van der Waals surface area contributed by atoms with Gasteiger partial charge in [-0.25, -0.2) is 13.1 Å². The zero-order valence-corrected chi connectivity index (χ0v) is 20.4. The van der Waals surface area contributed by atoms with Gasteiger partial charge in [0.15, 0.2) is 0 Å². The van der Waals surface area contributed by atoms with Crippen LogP contribution in [0.25, 0.3) is 0 Å². The van der Waals surface area contributed by atoms with E-state index in [-0.39, 0.29) is 6.04 Å². The van der Waals surface area contributed by atoms with Crippen molar-refractivity contribution in [3.63, 3.8) is 0 Å². The summed E-state index contributed by atoms with van der Waals surface area (Å²) in [6.45, 7) is 5.59. The van der Waals surface area contributed by atoms with E-state index in [2.05, 4.69) is 33.1 Å². The average molecular weight is 496 g/mol. The Hall–Kier alpha value is -1.16. The number of anilines is 1. The van der Waals surface area contributed by atoms with Gasteiger partial charge in [-0.15, -0.1) is 11.3 Å². The molecule has 1 saturated carbocycles. The van der Waals surface area contributed by atoms with Gasteiger partial charge in [-0.2, -0.15) is 0 Å². The smallest absolute Gasteiger partial charge is 0.250 e. The fourth-order valence-electron chi connectivity index (χ4n) is 5.38. The monoisotopic (exact) mass is 495 g/mol. The second kappa shape index (κ2) is 9.60. The fourth-order valence-corrected chi connectivity index (χ4v) is 8.25. The molecule has 2 fully saturated rings. The lowest BCUT2D eigenvalue weighted by atomic mass is 9.93. The molecule has 0 amide bonds. The zero-order valence-electron chi connectivity index (χ0n) is 18.1. The van der Waals surface area contributed by atoms with Gasteiger partial charge in [-0.3, -0.25) is 4.90 Å². The van der Waals surface area contributed by atoms with Crippen LogP contribution in [-0.2, 0) is 27.6 Å². The van der Waals surface area contributed by atoms with E-state index in [1.54, 1.807) is 12.1 Å². The lowest BCUT2D eigenvalue weighted by Crippen LogP contribution is -2.41. The van der Waals surface area contributed by atoms with Crippen molar-refractivity contribution in [1.82, 2.24) is 9.62 Å². The van der Waals surface area contributed by atoms with E-state index in [4.69, 9.17) is 16.3 Å². The second-order valence-corrected chi connectivity index (χ2v) is 12.7. The van der Waals surface area contributed by atoms with E-state index in [0.717, 1.165) is 82.1 Å². The molecule has 9 heteroatoms. The molecule has 1 aromatic heterocycles. The van der Waals surface area contributed by atoms with Crippen LogP contribution in [0.2, 0.25) is 4.34 Å². The molecule has 3 unspecified atom stereocenters. The first-order valence-electron chi connectivity index (χ1n) is 11.4. The SMILES string of the molecule is O=S(=O)(NC1C2CCC1Cc1cc(NCCN3CCOCC3)ccc1C2)c1ccc(Cl)s1. The third-order valence-electron chi connectivity index (χ3n) is 7.06. The van der Waals surface area contributed by atoms with E-state index >= 15 is 0 Å². The Morgan fingerprint density at radius 1 is 1.06 bits per heavy atom. The highest BCUT2D eigenvalue weighted by Gasteiger charge is 2.41. The molecule has 3 atom stereocenters. The summed E-state index contributed by atoms with van der Waals surface area (Å²) in [5.41, 5.74) is 3.87. The Morgan fingerprint density at radius 3 is 2.53 bits per heavy atom. The van der Waals surface area contributed by atoms with Crippen molar-refractivity contribution in [1.29, 1.82) is 0 Å². The molecule has 1 aliphatic heterocycles. The largest absolute Gasteiger partial charge is 0.384 e. The molecule has 1 aromatic carbocycles. The molecule has 2 bridgehead atoms. The van der Waals surface area contributed by atoms with Crippen LogP contribution in [0.1, 0.15) is 24.0 Å². The van der Waals surface area contributed by atoms with Crippen molar-refractivity contribution in [2.75, 3.05) is 44.7 Å². The number of rotatable bonds is 7. The van der Waals surface area contributed by atoms with Crippen molar-refractivity contribution in [2.45, 2.75) is 35.9 Å². The molecule has 5 rings (SSSR count). The van der Waals surface area contributed by atoms with Crippen LogP contribution in [0.4, 0.5) is 5.69 Å². The number of sulfonamides is 1. The van der Waals surface area contributed by atoms with E-state index < -0.39 is 10.0 Å². The van der Waals surface area contributed by atoms with Crippen LogP contribution in [0.5, 0.6) is 0 Å². The second-order valence-electron chi connectivity index (χ2n) is 9.08. The molecule has 32 heavy (non-hydrogen) atoms. The van der Waals surface area contributed by atoms with Gasteiger partial charge in [0.05, 0.1) is 17.6 Å². The number of hydrogen-bond donors (Lipinski definition) is 2. The maximum Gasteiger partial charge on any atom is 0.250 e. The van der Waals surface area contributed by atoms with Crippen molar-refractivity contribution < 1.29 is 13.2 Å². The highest BCUT2D eigenvalue weighted by atomic mass is 35.5. The van der Waals surface area contributed by atoms with Crippen LogP contribution in [0.3, 0.4) is 0 Å². The molecule has 2 heterocycles. The van der Waals surface area contributed by atoms with E-state index in [9.17, 15) is 8.42 Å². The summed E-state index contributed by atoms with van der Waals surface area (Å²) in [4.78, 5) is 2.43. The summed E-state index contributed by atoms with van der Waals surface area (Å²) >= 11 is 7.09. The van der Waals surface area contributed by atoms with Gasteiger partial charge in [0, 0.05) is 37.9 Å². The molecule has 2 aliphatic carbocycles. The van der Waals surface area contributed by atoms with Crippen LogP contribution in [-0.4, -0.2) is 58.8 Å². The molecule has 1 saturated heterocycles. The van der Waals surface area contributed by atoms with Crippen molar-refractivity contribution >= 4 is 38.6 Å². The number of fused-ring (bicyclic) bond motifs is 3. The third kappa shape index (κ3) is 5.00. The predicted octanol–water partition coefficient (Wildman–Crippen LogP) is 3.62. The molecule has 2 aromatic rings. The summed E-state index contributed by atoms with van der Waals surface area (Å²) in [7, 11) is -3.54. The minimum absolute atomic E-state index is 0.0222. The lowest BCUT2D eigenvalue weighted by Gasteiger charge is -2.26. The Bertz CT molecular complexity index is 1050. The first-order chi connectivity index (χ1) is 15.5. The zero-order chi connectivity index (χ0) is 22.1. The minimum Gasteiger partial charge on any atom is -0.384 e. The number of nitrogens with zero attached hydrogens (tertiary/aromatic N) is 1. The number of benzene rings is 1. The molecule has 2 N–H and O–H groups in total. The molecule has 0 spiro atoms. The number of morpholine rings is 1. The maximum absolute atomic E-state index is 12.9. The maximum atomic E-state index is 12.9. The number of thiophene rings is 1. The van der Waals surface area contributed by atoms with Gasteiger partial charge in [0.1, 0.15) is 4.21 Å². The first kappa shape index (κ1) is 22.6. The quantitative estimate of drug-likeness (QED) is 0.614. The van der Waals surface area contributed by atoms with Gasteiger partial charge in [-0.05, 0) is 72.9 Å². The number of halogens is 1. The highest BCUT2D eigenvalue weighted by molar-refractivity contribution is 7.91. The molecular weight excluding hydrogens is 466 g/mol. The van der Waals surface area contributed by atoms with Gasteiger partial charge >= 0.3 is 0 Å². The molecule has 3 aliphatic rings. The van der Waals surface area contributed by atoms with Gasteiger partial charge in [-0.1, -0.05) is 17.7 Å². The standard InChI is InChI=1S/C23H30ClN3O3S2/c24-21-5-6-22(31-21)32(28,29)26-23-17-1-2-18(23)14-19-15-20(4-3-16(19)13-17)25-7-8-27-9-11-30-12-10-27/h3-6,15,17-18,23,25-26H,1-2,7-14H2. The summed E-state index contributed by atoms with van der Waals surface area (Å²) < 4.78 is 35.1. The van der Waals surface area contributed by atoms with Crippen molar-refractivity contribution in [3.8, 4) is 0 Å². The Kier molecular flexibility index (Phi) is 6.79. The Labute approximate surface area is 199 Å². The van der Waals surface area contributed by atoms with Gasteiger partial charge in [0.25, 0.3) is 0 Å². The molecule has 0 radical (unpaired) electrons. The topological polar surface area (TPSA) is 70.7 Å². The lowest BCUT2D eigenvalue weighted by molar-refractivity contribution is 0.0398. The summed E-state index contributed by atoms with van der Waals surface area (Å²) in [5, 5.41) is 3.57. The van der Waals surface area contributed by atoms with E-state index in [1.807, 2.05) is 0 Å². The van der Waals surface area contributed by atoms with Gasteiger partial charge < -0.3 is 10.1 Å². The van der Waals surface area contributed by atoms with E-state index in [1.165, 1.54) is 11.1 Å². The van der Waals surface area contributed by atoms with Crippen LogP contribution >= 0.6 is 22.9 Å². The van der Waals surface area contributed by atoms with Gasteiger partial charge in [0.2, 0.25) is 10.0 Å². The normalized spacial score (nSPS) is 26.0. The van der Waals surface area contributed by atoms with Crippen LogP contribution in [0.15, 0.2) is 34.5 Å². The average Bonchev–Trinajstić information content (AvgIpc) is 3.33. The Balaban J connectivity index is 1.25. The van der Waals surface area contributed by atoms with Crippen molar-refractivity contribution in [3.05, 3.63) is 45.8 Å². The fraction of sp³-hybridized carbons (Fsp3) is 0.565. The molecular formula is C23H30ClN3O3S2. The van der Waals surface area contributed by atoms with E-state index in [0.29, 0.717) is 20.4 Å². The molecule has 174 valence electrons. The van der Waals surface area contributed by atoms with Crippen LogP contribution in [0, 0.1) is 11.8 Å². The number of nitrogens with one attached hydrogen (secondary N) is 2.